The second-order valence-electron chi connectivity index (χ2n) is 7.82. The summed E-state index contributed by atoms with van der Waals surface area (Å²) in [5.74, 6) is -1.95. The van der Waals surface area contributed by atoms with Gasteiger partial charge in [-0.15, -0.1) is 0 Å². The van der Waals surface area contributed by atoms with Crippen LogP contribution in [0.3, 0.4) is 0 Å². The van der Waals surface area contributed by atoms with Crippen LogP contribution in [-0.4, -0.2) is 77.3 Å². The van der Waals surface area contributed by atoms with Crippen LogP contribution in [0.15, 0.2) is 30.3 Å². The molecule has 1 fully saturated rings. The minimum Gasteiger partial charge on any atom is -0.480 e. The van der Waals surface area contributed by atoms with Gasteiger partial charge >= 0.3 is 5.97 Å². The number of thioether (sulfide) groups is 1. The van der Waals surface area contributed by atoms with E-state index in [0.29, 0.717) is 12.2 Å². The van der Waals surface area contributed by atoms with Gasteiger partial charge in [0.1, 0.15) is 18.1 Å². The van der Waals surface area contributed by atoms with Crippen LogP contribution in [0.4, 0.5) is 0 Å². The van der Waals surface area contributed by atoms with Crippen molar-refractivity contribution in [3.63, 3.8) is 0 Å². The van der Waals surface area contributed by atoms with E-state index in [1.165, 1.54) is 11.8 Å². The van der Waals surface area contributed by atoms with Crippen molar-refractivity contribution in [2.45, 2.75) is 49.9 Å². The van der Waals surface area contributed by atoms with Crippen LogP contribution >= 0.6 is 24.4 Å². The lowest BCUT2D eigenvalue weighted by atomic mass is 10.0. The second kappa shape index (κ2) is 14.1. The Bertz CT molecular complexity index is 805. The number of nitrogens with one attached hydrogen (secondary N) is 4. The van der Waals surface area contributed by atoms with Gasteiger partial charge in [0.05, 0.1) is 6.04 Å². The zero-order valence-corrected chi connectivity index (χ0v) is 20.3. The summed E-state index contributed by atoms with van der Waals surface area (Å²) < 4.78 is 0. The van der Waals surface area contributed by atoms with Gasteiger partial charge in [-0.1, -0.05) is 30.3 Å². The van der Waals surface area contributed by atoms with Crippen molar-refractivity contribution in [3.8, 4) is 0 Å². The summed E-state index contributed by atoms with van der Waals surface area (Å²) in [6.45, 7) is 0.746. The quantitative estimate of drug-likeness (QED) is 0.215. The third-order valence-corrected chi connectivity index (χ3v) is 6.34. The van der Waals surface area contributed by atoms with Gasteiger partial charge in [0.25, 0.3) is 0 Å². The predicted octanol–water partition coefficient (Wildman–Crippen LogP) is 0.203. The Morgan fingerprint density at radius 1 is 1.09 bits per heavy atom. The molecule has 0 aliphatic carbocycles. The maximum absolute atomic E-state index is 13.0. The molecule has 0 spiro atoms. The first-order valence-corrected chi connectivity index (χ1v) is 12.9. The van der Waals surface area contributed by atoms with Crippen LogP contribution in [0.2, 0.25) is 0 Å². The van der Waals surface area contributed by atoms with Gasteiger partial charge in [-0.25, -0.2) is 4.79 Å². The number of amides is 3. The standard InChI is InChI=1S/C22H32N4O5S2/c1-33-11-9-16(22(30)31)24-20(28)17(12-14-6-3-2-4-7-14)25-21(29)18(13-32)26-19(27)15-8-5-10-23-15/h2-4,6-7,15-18,23,32H,5,8-13H2,1H3,(H,24,28)(H,25,29)(H,26,27)(H,30,31). The fourth-order valence-electron chi connectivity index (χ4n) is 3.47. The van der Waals surface area contributed by atoms with E-state index in [-0.39, 0.29) is 30.5 Å². The molecule has 0 saturated carbocycles. The molecule has 1 aromatic carbocycles. The highest BCUT2D eigenvalue weighted by molar-refractivity contribution is 7.98. The topological polar surface area (TPSA) is 137 Å². The van der Waals surface area contributed by atoms with Gasteiger partial charge < -0.3 is 26.4 Å². The molecule has 5 N–H and O–H groups in total. The Morgan fingerprint density at radius 2 is 1.76 bits per heavy atom. The molecule has 0 aromatic heterocycles. The molecule has 11 heteroatoms. The lowest BCUT2D eigenvalue weighted by Crippen LogP contribution is -2.58. The zero-order valence-electron chi connectivity index (χ0n) is 18.6. The molecule has 9 nitrogen and oxygen atoms in total. The number of hydrogen-bond acceptors (Lipinski definition) is 7. The van der Waals surface area contributed by atoms with E-state index >= 15 is 0 Å². The molecule has 1 aliphatic rings. The lowest BCUT2D eigenvalue weighted by Gasteiger charge is -2.24. The highest BCUT2D eigenvalue weighted by Crippen LogP contribution is 2.08. The van der Waals surface area contributed by atoms with Crippen LogP contribution in [-0.2, 0) is 25.6 Å². The fraction of sp³-hybridized carbons (Fsp3) is 0.545. The van der Waals surface area contributed by atoms with E-state index in [2.05, 4.69) is 33.9 Å². The number of carbonyl (C=O) groups excluding carboxylic acids is 3. The first kappa shape index (κ1) is 27.0. The summed E-state index contributed by atoms with van der Waals surface area (Å²) in [6, 6.07) is 5.75. The number of aliphatic carboxylic acids is 1. The van der Waals surface area contributed by atoms with Gasteiger partial charge in [0.15, 0.2) is 0 Å². The first-order chi connectivity index (χ1) is 15.8. The Balaban J connectivity index is 2.10. The Kier molecular flexibility index (Phi) is 11.6. The smallest absolute Gasteiger partial charge is 0.326 e. The molecule has 0 radical (unpaired) electrons. The van der Waals surface area contributed by atoms with Gasteiger partial charge in [-0.05, 0) is 43.4 Å². The highest BCUT2D eigenvalue weighted by atomic mass is 32.2. The molecule has 182 valence electrons. The van der Waals surface area contributed by atoms with Gasteiger partial charge in [-0.3, -0.25) is 14.4 Å². The van der Waals surface area contributed by atoms with E-state index in [9.17, 15) is 24.3 Å². The first-order valence-electron chi connectivity index (χ1n) is 10.9. The van der Waals surface area contributed by atoms with Crippen molar-refractivity contribution >= 4 is 48.1 Å². The van der Waals surface area contributed by atoms with Crippen molar-refractivity contribution in [3.05, 3.63) is 35.9 Å². The molecular formula is C22H32N4O5S2. The molecule has 1 aliphatic heterocycles. The van der Waals surface area contributed by atoms with Crippen LogP contribution in [0.5, 0.6) is 0 Å². The van der Waals surface area contributed by atoms with Crippen LogP contribution < -0.4 is 21.3 Å². The number of thiol groups is 1. The summed E-state index contributed by atoms with van der Waals surface area (Å²) in [4.78, 5) is 49.9. The average Bonchev–Trinajstić information content (AvgIpc) is 3.35. The number of carbonyl (C=O) groups is 4. The highest BCUT2D eigenvalue weighted by Gasteiger charge is 2.31. The van der Waals surface area contributed by atoms with Gasteiger partial charge in [-0.2, -0.15) is 24.4 Å². The molecule has 1 aromatic rings. The van der Waals surface area contributed by atoms with E-state index in [1.54, 1.807) is 0 Å². The van der Waals surface area contributed by atoms with Crippen LogP contribution in [0.1, 0.15) is 24.8 Å². The van der Waals surface area contributed by atoms with Crippen molar-refractivity contribution in [1.29, 1.82) is 0 Å². The Labute approximate surface area is 203 Å². The minimum atomic E-state index is -1.13. The molecule has 33 heavy (non-hydrogen) atoms. The molecule has 1 heterocycles. The predicted molar refractivity (Wildman–Crippen MR) is 131 cm³/mol. The third kappa shape index (κ3) is 8.90. The van der Waals surface area contributed by atoms with E-state index in [4.69, 9.17) is 0 Å². The van der Waals surface area contributed by atoms with Crippen molar-refractivity contribution in [2.75, 3.05) is 24.3 Å². The summed E-state index contributed by atoms with van der Waals surface area (Å²) >= 11 is 5.67. The summed E-state index contributed by atoms with van der Waals surface area (Å²) in [6.07, 6.45) is 3.86. The zero-order chi connectivity index (χ0) is 24.2. The van der Waals surface area contributed by atoms with Crippen LogP contribution in [0, 0.1) is 0 Å². The molecule has 0 bridgehead atoms. The monoisotopic (exact) mass is 496 g/mol. The number of carboxylic acids is 1. The SMILES string of the molecule is CSCCC(NC(=O)C(Cc1ccccc1)NC(=O)C(CS)NC(=O)C1CCCN1)C(=O)O. The summed E-state index contributed by atoms with van der Waals surface area (Å²) in [7, 11) is 0. The van der Waals surface area contributed by atoms with Crippen molar-refractivity contribution in [2.24, 2.45) is 0 Å². The molecule has 4 unspecified atom stereocenters. The van der Waals surface area contributed by atoms with Crippen molar-refractivity contribution in [1.82, 2.24) is 21.3 Å². The number of carboxylic acid groups (broad SMARTS) is 1. The Hall–Kier alpha value is -2.24. The minimum absolute atomic E-state index is 0.0510. The molecule has 1 saturated heterocycles. The fourth-order valence-corrected chi connectivity index (χ4v) is 4.20. The molecular weight excluding hydrogens is 464 g/mol. The summed E-state index contributed by atoms with van der Waals surface area (Å²) in [5.41, 5.74) is 0.801. The second-order valence-corrected chi connectivity index (χ2v) is 9.18. The Morgan fingerprint density at radius 3 is 2.33 bits per heavy atom. The lowest BCUT2D eigenvalue weighted by molar-refractivity contribution is -0.142. The maximum atomic E-state index is 13.0. The van der Waals surface area contributed by atoms with Gasteiger partial charge in [0, 0.05) is 12.2 Å². The number of benzene rings is 1. The maximum Gasteiger partial charge on any atom is 0.326 e. The third-order valence-electron chi connectivity index (χ3n) is 5.33. The molecule has 4 atom stereocenters. The van der Waals surface area contributed by atoms with Crippen molar-refractivity contribution < 1.29 is 24.3 Å². The van der Waals surface area contributed by atoms with Crippen LogP contribution in [0.25, 0.3) is 0 Å². The van der Waals surface area contributed by atoms with Gasteiger partial charge in [0.2, 0.25) is 17.7 Å². The van der Waals surface area contributed by atoms with E-state index < -0.39 is 35.9 Å². The summed E-state index contributed by atoms with van der Waals surface area (Å²) in [5, 5.41) is 20.4. The van der Waals surface area contributed by atoms with E-state index in [0.717, 1.165) is 18.5 Å². The normalized spacial score (nSPS) is 18.1. The molecule has 3 amide bonds. The molecule has 2 rings (SSSR count). The number of hydrogen-bond donors (Lipinski definition) is 6. The average molecular weight is 497 g/mol. The van der Waals surface area contributed by atoms with E-state index in [1.807, 2.05) is 36.6 Å². The largest absolute Gasteiger partial charge is 0.480 e. The number of rotatable bonds is 13.